The minimum atomic E-state index is -3.33. The Morgan fingerprint density at radius 1 is 1.00 bits per heavy atom. The molecule has 0 aliphatic heterocycles. The fourth-order valence-electron chi connectivity index (χ4n) is 3.89. The van der Waals surface area contributed by atoms with Crippen molar-refractivity contribution in [1.29, 1.82) is 0 Å². The van der Waals surface area contributed by atoms with Crippen LogP contribution in [-0.4, -0.2) is 41.1 Å². The zero-order chi connectivity index (χ0) is 22.9. The van der Waals surface area contributed by atoms with E-state index in [0.29, 0.717) is 53.9 Å². The summed E-state index contributed by atoms with van der Waals surface area (Å²) in [7, 11) is -3.33. The molecule has 3 aromatic rings. The zero-order valence-corrected chi connectivity index (χ0v) is 18.4. The average Bonchev–Trinajstić information content (AvgIpc) is 2.76. The van der Waals surface area contributed by atoms with Crippen molar-refractivity contribution >= 4 is 15.6 Å². The molecule has 8 heteroatoms. The molecule has 166 valence electrons. The summed E-state index contributed by atoms with van der Waals surface area (Å²) in [5.74, 6) is 0.205. The van der Waals surface area contributed by atoms with Crippen molar-refractivity contribution in [1.82, 2.24) is 9.97 Å². The number of rotatable bonds is 5. The van der Waals surface area contributed by atoms with Crippen LogP contribution >= 0.6 is 0 Å². The lowest BCUT2D eigenvalue weighted by Gasteiger charge is -2.30. The molecule has 0 spiro atoms. The topological polar surface area (TPSA) is 97.2 Å². The van der Waals surface area contributed by atoms with Crippen molar-refractivity contribution in [3.63, 3.8) is 0 Å². The largest absolute Gasteiger partial charge is 0.389 e. The molecule has 1 aliphatic rings. The molecule has 1 aliphatic carbocycles. The highest BCUT2D eigenvalue weighted by Gasteiger charge is 2.33. The van der Waals surface area contributed by atoms with Crippen LogP contribution < -0.4 is 0 Å². The van der Waals surface area contributed by atoms with Crippen LogP contribution in [0, 0.1) is 5.82 Å². The van der Waals surface area contributed by atoms with Crippen molar-refractivity contribution in [2.24, 2.45) is 0 Å². The lowest BCUT2D eigenvalue weighted by molar-refractivity contribution is -0.125. The maximum atomic E-state index is 13.5. The highest BCUT2D eigenvalue weighted by Crippen LogP contribution is 2.33. The Balaban J connectivity index is 1.74. The summed E-state index contributed by atoms with van der Waals surface area (Å²) in [6.07, 6.45) is 4.41. The zero-order valence-electron chi connectivity index (χ0n) is 17.6. The number of nitrogens with zero attached hydrogens (tertiary/aromatic N) is 2. The monoisotopic (exact) mass is 454 g/mol. The molecule has 1 fully saturated rings. The van der Waals surface area contributed by atoms with Crippen molar-refractivity contribution in [3.8, 4) is 22.4 Å². The first kappa shape index (κ1) is 22.2. The van der Waals surface area contributed by atoms with Gasteiger partial charge in [-0.05, 0) is 54.8 Å². The molecular weight excluding hydrogens is 431 g/mol. The van der Waals surface area contributed by atoms with Gasteiger partial charge in [0.25, 0.3) is 0 Å². The second-order valence-corrected chi connectivity index (χ2v) is 10.3. The lowest BCUT2D eigenvalue weighted by atomic mass is 9.81. The first-order valence-electron chi connectivity index (χ1n) is 10.3. The predicted octanol–water partition coefficient (Wildman–Crippen LogP) is 3.77. The molecular formula is C24H23FN2O4S. The standard InChI is InChI=1S/C24H23FN2O4S/c1-32(30,31)20-8-4-16(5-9-20)21-15-26-22(14-24(29)12-10-19(28)11-13-24)27-23(21)17-2-6-18(25)7-3-17/h2-9,15,29H,10-14H2,1H3. The van der Waals surface area contributed by atoms with Gasteiger partial charge in [-0.15, -0.1) is 0 Å². The SMILES string of the molecule is CS(=O)(=O)c1ccc(-c2cnc(CC3(O)CCC(=O)CC3)nc2-c2ccc(F)cc2)cc1. The van der Waals surface area contributed by atoms with Crippen LogP contribution in [0.1, 0.15) is 31.5 Å². The molecule has 2 aromatic carbocycles. The van der Waals surface area contributed by atoms with E-state index in [9.17, 15) is 22.7 Å². The van der Waals surface area contributed by atoms with Gasteiger partial charge in [-0.3, -0.25) is 4.79 Å². The van der Waals surface area contributed by atoms with Gasteiger partial charge in [-0.1, -0.05) is 12.1 Å². The number of halogens is 1. The summed E-state index contributed by atoms with van der Waals surface area (Å²) in [4.78, 5) is 20.9. The first-order valence-corrected chi connectivity index (χ1v) is 12.2. The lowest BCUT2D eigenvalue weighted by Crippen LogP contribution is -2.37. The van der Waals surface area contributed by atoms with Crippen LogP contribution in [0.4, 0.5) is 4.39 Å². The van der Waals surface area contributed by atoms with Gasteiger partial charge in [0.1, 0.15) is 17.4 Å². The number of Topliss-reactive ketones (excluding diaryl/α,β-unsaturated/α-hetero) is 1. The van der Waals surface area contributed by atoms with E-state index in [1.165, 1.54) is 24.3 Å². The van der Waals surface area contributed by atoms with Gasteiger partial charge >= 0.3 is 0 Å². The van der Waals surface area contributed by atoms with Crippen molar-refractivity contribution in [3.05, 3.63) is 66.4 Å². The van der Waals surface area contributed by atoms with Crippen LogP contribution in [0.5, 0.6) is 0 Å². The Morgan fingerprint density at radius 2 is 1.59 bits per heavy atom. The van der Waals surface area contributed by atoms with Gasteiger partial charge in [0, 0.05) is 42.8 Å². The highest BCUT2D eigenvalue weighted by molar-refractivity contribution is 7.90. The van der Waals surface area contributed by atoms with Gasteiger partial charge in [-0.2, -0.15) is 0 Å². The van der Waals surface area contributed by atoms with Crippen molar-refractivity contribution in [2.75, 3.05) is 6.26 Å². The fraction of sp³-hybridized carbons (Fsp3) is 0.292. The van der Waals surface area contributed by atoms with E-state index in [1.807, 2.05) is 0 Å². The second kappa shape index (κ2) is 8.52. The van der Waals surface area contributed by atoms with E-state index in [1.54, 1.807) is 30.5 Å². The van der Waals surface area contributed by atoms with E-state index in [-0.39, 0.29) is 22.9 Å². The Morgan fingerprint density at radius 3 is 2.19 bits per heavy atom. The van der Waals surface area contributed by atoms with Crippen LogP contribution in [0.2, 0.25) is 0 Å². The Kier molecular flexibility index (Phi) is 5.92. The molecule has 32 heavy (non-hydrogen) atoms. The Labute approximate surface area is 186 Å². The van der Waals surface area contributed by atoms with Gasteiger partial charge in [0.15, 0.2) is 9.84 Å². The molecule has 0 unspecified atom stereocenters. The smallest absolute Gasteiger partial charge is 0.175 e. The number of hydrogen-bond acceptors (Lipinski definition) is 6. The number of aromatic nitrogens is 2. The number of benzene rings is 2. The number of ketones is 1. The quantitative estimate of drug-likeness (QED) is 0.630. The maximum Gasteiger partial charge on any atom is 0.175 e. The summed E-state index contributed by atoms with van der Waals surface area (Å²) in [5.41, 5.74) is 1.56. The minimum absolute atomic E-state index is 0.149. The molecule has 0 saturated heterocycles. The van der Waals surface area contributed by atoms with Gasteiger partial charge in [0.05, 0.1) is 16.2 Å². The molecule has 4 rings (SSSR count). The third kappa shape index (κ3) is 4.92. The minimum Gasteiger partial charge on any atom is -0.389 e. The van der Waals surface area contributed by atoms with Gasteiger partial charge < -0.3 is 5.11 Å². The Bertz CT molecular complexity index is 1250. The number of carbonyl (C=O) groups is 1. The molecule has 6 nitrogen and oxygen atoms in total. The molecule has 1 aromatic heterocycles. The van der Waals surface area contributed by atoms with Crippen LogP contribution in [0.3, 0.4) is 0 Å². The summed E-state index contributed by atoms with van der Waals surface area (Å²) in [6, 6.07) is 12.3. The normalized spacial score (nSPS) is 16.2. The van der Waals surface area contributed by atoms with Crippen LogP contribution in [0.25, 0.3) is 22.4 Å². The third-order valence-electron chi connectivity index (χ3n) is 5.78. The predicted molar refractivity (Wildman–Crippen MR) is 118 cm³/mol. The molecule has 0 bridgehead atoms. The van der Waals surface area contributed by atoms with Crippen molar-refractivity contribution < 1.29 is 22.7 Å². The third-order valence-corrected chi connectivity index (χ3v) is 6.90. The molecule has 1 heterocycles. The summed E-state index contributed by atoms with van der Waals surface area (Å²) < 4.78 is 37.1. The molecule has 1 saturated carbocycles. The number of aliphatic hydroxyl groups is 1. The molecule has 0 atom stereocenters. The van der Waals surface area contributed by atoms with Crippen LogP contribution in [0.15, 0.2) is 59.6 Å². The molecule has 1 N–H and O–H groups in total. The summed E-state index contributed by atoms with van der Waals surface area (Å²) >= 11 is 0. The van der Waals surface area contributed by atoms with Crippen molar-refractivity contribution in [2.45, 2.75) is 42.6 Å². The Hall–Kier alpha value is -2.97. The summed E-state index contributed by atoms with van der Waals surface area (Å²) in [5, 5.41) is 10.9. The fourth-order valence-corrected chi connectivity index (χ4v) is 4.52. The maximum absolute atomic E-state index is 13.5. The number of carbonyl (C=O) groups excluding carboxylic acids is 1. The van der Waals surface area contributed by atoms with E-state index < -0.39 is 15.4 Å². The first-order chi connectivity index (χ1) is 15.1. The van der Waals surface area contributed by atoms with Gasteiger partial charge in [0.2, 0.25) is 0 Å². The highest BCUT2D eigenvalue weighted by atomic mass is 32.2. The van der Waals surface area contributed by atoms with E-state index in [4.69, 9.17) is 0 Å². The number of hydrogen-bond donors (Lipinski definition) is 1. The molecule has 0 radical (unpaired) electrons. The van der Waals surface area contributed by atoms with Gasteiger partial charge in [-0.25, -0.2) is 22.8 Å². The second-order valence-electron chi connectivity index (χ2n) is 8.29. The van der Waals surface area contributed by atoms with E-state index >= 15 is 0 Å². The molecule has 0 amide bonds. The van der Waals surface area contributed by atoms with E-state index in [0.717, 1.165) is 6.26 Å². The van der Waals surface area contributed by atoms with Crippen LogP contribution in [-0.2, 0) is 21.1 Å². The number of sulfone groups is 1. The van der Waals surface area contributed by atoms with E-state index in [2.05, 4.69) is 9.97 Å². The average molecular weight is 455 g/mol. The summed E-state index contributed by atoms with van der Waals surface area (Å²) in [6.45, 7) is 0.